The number of carbonyl (C=O) groups excluding carboxylic acids is 1. The van der Waals surface area contributed by atoms with Crippen LogP contribution < -0.4 is 5.32 Å². The van der Waals surface area contributed by atoms with E-state index in [4.69, 9.17) is 0 Å². The van der Waals surface area contributed by atoms with Gasteiger partial charge in [-0.2, -0.15) is 5.10 Å². The fraction of sp³-hybridized carbons (Fsp3) is 0.429. The normalized spacial score (nSPS) is 24.3. The molecule has 1 saturated carbocycles. The van der Waals surface area contributed by atoms with Gasteiger partial charge in [-0.25, -0.2) is 0 Å². The van der Waals surface area contributed by atoms with Crippen LogP contribution in [-0.2, 0) is 11.2 Å². The van der Waals surface area contributed by atoms with Crippen LogP contribution in [0.15, 0.2) is 37.1 Å². The maximum absolute atomic E-state index is 12.0. The van der Waals surface area contributed by atoms with E-state index in [1.165, 1.54) is 0 Å². The van der Waals surface area contributed by atoms with E-state index in [0.717, 1.165) is 5.69 Å². The lowest BCUT2D eigenvalue weighted by Gasteiger charge is -2.41. The third-order valence-electron chi connectivity index (χ3n) is 3.70. The Balaban J connectivity index is 1.51. The number of aromatic nitrogens is 4. The van der Waals surface area contributed by atoms with Crippen molar-refractivity contribution < 1.29 is 9.90 Å². The number of amides is 1. The Morgan fingerprint density at radius 2 is 2.33 bits per heavy atom. The summed E-state index contributed by atoms with van der Waals surface area (Å²) in [4.78, 5) is 20.1. The number of aliphatic hydroxyl groups is 1. The maximum Gasteiger partial charge on any atom is 0.220 e. The third-order valence-corrected chi connectivity index (χ3v) is 3.70. The van der Waals surface area contributed by atoms with Crippen LogP contribution in [0.2, 0.25) is 0 Å². The van der Waals surface area contributed by atoms with Crippen molar-refractivity contribution in [3.05, 3.63) is 42.7 Å². The van der Waals surface area contributed by atoms with E-state index in [2.05, 4.69) is 20.4 Å². The molecule has 0 saturated heterocycles. The van der Waals surface area contributed by atoms with Crippen LogP contribution in [0.3, 0.4) is 0 Å². The molecule has 2 aromatic rings. The molecule has 1 amide bonds. The number of aryl methyl sites for hydroxylation is 1. The summed E-state index contributed by atoms with van der Waals surface area (Å²) in [5, 5.41) is 16.9. The first-order chi connectivity index (χ1) is 10.2. The van der Waals surface area contributed by atoms with Crippen LogP contribution in [0.4, 0.5) is 0 Å². The first kappa shape index (κ1) is 13.7. The Hall–Kier alpha value is -2.28. The van der Waals surface area contributed by atoms with Gasteiger partial charge in [0.15, 0.2) is 0 Å². The molecule has 0 unspecified atom stereocenters. The fourth-order valence-corrected chi connectivity index (χ4v) is 2.55. The van der Waals surface area contributed by atoms with Gasteiger partial charge in [0, 0.05) is 37.4 Å². The van der Waals surface area contributed by atoms with E-state index in [1.807, 2.05) is 0 Å². The average Bonchev–Trinajstić information content (AvgIpc) is 2.99. The molecule has 0 aliphatic heterocycles. The second kappa shape index (κ2) is 6.01. The molecule has 1 fully saturated rings. The molecule has 1 aliphatic carbocycles. The van der Waals surface area contributed by atoms with Gasteiger partial charge < -0.3 is 10.4 Å². The quantitative estimate of drug-likeness (QED) is 0.813. The summed E-state index contributed by atoms with van der Waals surface area (Å²) in [5.41, 5.74) is 0.796. The van der Waals surface area contributed by atoms with Gasteiger partial charge >= 0.3 is 0 Å². The molecule has 2 aromatic heterocycles. The van der Waals surface area contributed by atoms with Gasteiger partial charge in [0.25, 0.3) is 0 Å². The van der Waals surface area contributed by atoms with Gasteiger partial charge in [-0.15, -0.1) is 0 Å². The van der Waals surface area contributed by atoms with Crippen molar-refractivity contribution in [2.75, 3.05) is 0 Å². The minimum Gasteiger partial charge on any atom is -0.391 e. The molecule has 1 aliphatic rings. The summed E-state index contributed by atoms with van der Waals surface area (Å²) in [6, 6.07) is 1.55. The van der Waals surface area contributed by atoms with Gasteiger partial charge in [0.2, 0.25) is 5.91 Å². The van der Waals surface area contributed by atoms with E-state index < -0.39 is 6.10 Å². The van der Waals surface area contributed by atoms with Crippen molar-refractivity contribution in [3.8, 4) is 0 Å². The minimum atomic E-state index is -0.463. The smallest absolute Gasteiger partial charge is 0.220 e. The summed E-state index contributed by atoms with van der Waals surface area (Å²) < 4.78 is 1.70. The molecule has 21 heavy (non-hydrogen) atoms. The van der Waals surface area contributed by atoms with Crippen molar-refractivity contribution in [3.63, 3.8) is 0 Å². The number of hydrogen-bond acceptors (Lipinski definition) is 5. The van der Waals surface area contributed by atoms with Gasteiger partial charge in [-0.3, -0.25) is 19.4 Å². The lowest BCUT2D eigenvalue weighted by Crippen LogP contribution is -2.56. The van der Waals surface area contributed by atoms with Crippen molar-refractivity contribution in [2.24, 2.45) is 0 Å². The number of carbonyl (C=O) groups is 1. The van der Waals surface area contributed by atoms with Crippen LogP contribution >= 0.6 is 0 Å². The van der Waals surface area contributed by atoms with Gasteiger partial charge in [0.1, 0.15) is 0 Å². The molecule has 2 N–H and O–H groups in total. The predicted molar refractivity (Wildman–Crippen MR) is 74.2 cm³/mol. The Labute approximate surface area is 122 Å². The Morgan fingerprint density at radius 1 is 1.43 bits per heavy atom. The number of nitrogens with one attached hydrogen (secondary N) is 1. The highest BCUT2D eigenvalue weighted by molar-refractivity contribution is 5.76. The SMILES string of the molecule is O=C(CCc1cnccn1)N[C@H]1C[C@@H](O)[C@@H]1n1cccn1. The van der Waals surface area contributed by atoms with Gasteiger partial charge in [0.05, 0.1) is 23.9 Å². The molecule has 2 heterocycles. The van der Waals surface area contributed by atoms with Crippen LogP contribution in [0.1, 0.15) is 24.6 Å². The van der Waals surface area contributed by atoms with Crippen LogP contribution in [0.5, 0.6) is 0 Å². The van der Waals surface area contributed by atoms with E-state index in [-0.39, 0.29) is 18.0 Å². The van der Waals surface area contributed by atoms with Crippen molar-refractivity contribution in [1.82, 2.24) is 25.1 Å². The predicted octanol–water partition coefficient (Wildman–Crippen LogP) is 0.0964. The highest BCUT2D eigenvalue weighted by Crippen LogP contribution is 2.32. The average molecular weight is 287 g/mol. The first-order valence-corrected chi connectivity index (χ1v) is 6.95. The largest absolute Gasteiger partial charge is 0.391 e. The van der Waals surface area contributed by atoms with E-state index in [0.29, 0.717) is 19.3 Å². The molecular formula is C14H17N5O2. The zero-order valence-electron chi connectivity index (χ0n) is 11.5. The van der Waals surface area contributed by atoms with Crippen molar-refractivity contribution >= 4 is 5.91 Å². The zero-order chi connectivity index (χ0) is 14.7. The maximum atomic E-state index is 12.0. The molecule has 7 heteroatoms. The van der Waals surface area contributed by atoms with Crippen molar-refractivity contribution in [2.45, 2.75) is 37.5 Å². The van der Waals surface area contributed by atoms with Crippen LogP contribution in [-0.4, -0.2) is 42.9 Å². The number of nitrogens with zero attached hydrogens (tertiary/aromatic N) is 4. The topological polar surface area (TPSA) is 92.9 Å². The fourth-order valence-electron chi connectivity index (χ4n) is 2.55. The lowest BCUT2D eigenvalue weighted by molar-refractivity contribution is -0.124. The van der Waals surface area contributed by atoms with E-state index in [9.17, 15) is 9.90 Å². The second-order valence-corrected chi connectivity index (χ2v) is 5.15. The van der Waals surface area contributed by atoms with Gasteiger partial charge in [-0.1, -0.05) is 0 Å². The summed E-state index contributed by atoms with van der Waals surface area (Å²) >= 11 is 0. The number of rotatable bonds is 5. The van der Waals surface area contributed by atoms with Crippen LogP contribution in [0, 0.1) is 0 Å². The van der Waals surface area contributed by atoms with E-state index in [1.54, 1.807) is 41.7 Å². The molecule has 3 rings (SSSR count). The molecule has 0 bridgehead atoms. The summed E-state index contributed by atoms with van der Waals surface area (Å²) in [6.45, 7) is 0. The molecule has 0 spiro atoms. The monoisotopic (exact) mass is 287 g/mol. The highest BCUT2D eigenvalue weighted by Gasteiger charge is 2.42. The Kier molecular flexibility index (Phi) is 3.92. The third kappa shape index (κ3) is 3.08. The Morgan fingerprint density at radius 3 is 3.00 bits per heavy atom. The standard InChI is InChI=1S/C14H17N5O2/c20-12-8-11(14(12)19-7-1-4-17-19)18-13(21)3-2-10-9-15-5-6-16-10/h1,4-7,9,11-12,14,20H,2-3,8H2,(H,18,21)/t11-,12+,14+/m0/s1. The molecule has 0 radical (unpaired) electrons. The molecule has 0 aromatic carbocycles. The number of hydrogen-bond donors (Lipinski definition) is 2. The molecule has 110 valence electrons. The second-order valence-electron chi connectivity index (χ2n) is 5.15. The summed E-state index contributed by atoms with van der Waals surface area (Å²) in [5.74, 6) is -0.0466. The van der Waals surface area contributed by atoms with E-state index >= 15 is 0 Å². The molecule has 3 atom stereocenters. The zero-order valence-corrected chi connectivity index (χ0v) is 11.5. The lowest BCUT2D eigenvalue weighted by atomic mass is 9.83. The summed E-state index contributed by atoms with van der Waals surface area (Å²) in [7, 11) is 0. The van der Waals surface area contributed by atoms with Crippen molar-refractivity contribution in [1.29, 1.82) is 0 Å². The Bertz CT molecular complexity index is 587. The van der Waals surface area contributed by atoms with Crippen LogP contribution in [0.25, 0.3) is 0 Å². The molecule has 7 nitrogen and oxygen atoms in total. The first-order valence-electron chi connectivity index (χ1n) is 6.95. The molecular weight excluding hydrogens is 270 g/mol. The minimum absolute atomic E-state index is 0.0466. The highest BCUT2D eigenvalue weighted by atomic mass is 16.3. The summed E-state index contributed by atoms with van der Waals surface area (Å²) in [6.07, 6.45) is 9.35. The number of aliphatic hydroxyl groups excluding tert-OH is 1. The van der Waals surface area contributed by atoms with Gasteiger partial charge in [-0.05, 0) is 18.9 Å².